The highest BCUT2D eigenvalue weighted by molar-refractivity contribution is 7.98. The van der Waals surface area contributed by atoms with Crippen LogP contribution in [-0.4, -0.2) is 38.7 Å². The Bertz CT molecular complexity index is 745. The van der Waals surface area contributed by atoms with Crippen LogP contribution in [0.1, 0.15) is 12.0 Å². The highest BCUT2D eigenvalue weighted by Crippen LogP contribution is 2.18. The molecule has 0 aromatic heterocycles. The minimum Gasteiger partial charge on any atom is -0.378 e. The van der Waals surface area contributed by atoms with E-state index in [9.17, 15) is 9.59 Å². The molecule has 26 heavy (non-hydrogen) atoms. The lowest BCUT2D eigenvalue weighted by Crippen LogP contribution is -2.36. The third-order valence-electron chi connectivity index (χ3n) is 3.91. The Morgan fingerprint density at radius 1 is 1.04 bits per heavy atom. The van der Waals surface area contributed by atoms with Crippen LogP contribution in [0.15, 0.2) is 53.4 Å². The summed E-state index contributed by atoms with van der Waals surface area (Å²) in [5.74, 6) is -1.25. The molecule has 2 amide bonds. The summed E-state index contributed by atoms with van der Waals surface area (Å²) in [7, 11) is 4.01. The number of thioether (sulfide) groups is 1. The number of rotatable bonds is 7. The minimum atomic E-state index is -0.640. The lowest BCUT2D eigenvalue weighted by atomic mass is 10.1. The standard InChI is InChI=1S/C20H25N3O2S/c1-23(2)17-11-9-15(10-12-17)6-5-13-21-19(24)20(25)22-16-7-4-8-18(14-16)26-3/h4,7-12,14H,5-6,13H2,1-3H3,(H,21,24)(H,22,25). The predicted octanol–water partition coefficient (Wildman–Crippen LogP) is 3.16. The van der Waals surface area contributed by atoms with Gasteiger partial charge >= 0.3 is 11.8 Å². The van der Waals surface area contributed by atoms with Crippen LogP contribution in [0.2, 0.25) is 0 Å². The van der Waals surface area contributed by atoms with Gasteiger partial charge < -0.3 is 15.5 Å². The van der Waals surface area contributed by atoms with E-state index in [1.165, 1.54) is 5.56 Å². The molecular formula is C20H25N3O2S. The molecule has 0 fully saturated rings. The van der Waals surface area contributed by atoms with Gasteiger partial charge in [0.05, 0.1) is 0 Å². The number of carbonyl (C=O) groups excluding carboxylic acids is 2. The lowest BCUT2D eigenvalue weighted by Gasteiger charge is -2.12. The van der Waals surface area contributed by atoms with Gasteiger partial charge in [0.2, 0.25) is 0 Å². The number of aryl methyl sites for hydroxylation is 1. The Morgan fingerprint density at radius 3 is 2.42 bits per heavy atom. The van der Waals surface area contributed by atoms with Gasteiger partial charge in [-0.3, -0.25) is 9.59 Å². The average molecular weight is 372 g/mol. The fraction of sp³-hybridized carbons (Fsp3) is 0.300. The number of anilines is 2. The van der Waals surface area contributed by atoms with Crippen LogP contribution in [0.25, 0.3) is 0 Å². The maximum absolute atomic E-state index is 11.9. The monoisotopic (exact) mass is 371 g/mol. The molecule has 0 unspecified atom stereocenters. The van der Waals surface area contributed by atoms with Crippen LogP contribution in [0.4, 0.5) is 11.4 Å². The number of hydrogen-bond donors (Lipinski definition) is 2. The first kappa shape index (κ1) is 19.8. The second kappa shape index (κ2) is 9.87. The number of amides is 2. The van der Waals surface area contributed by atoms with Gasteiger partial charge in [-0.15, -0.1) is 11.8 Å². The molecule has 6 heteroatoms. The molecule has 0 aliphatic carbocycles. The Kier molecular flexibility index (Phi) is 7.53. The van der Waals surface area contributed by atoms with Crippen LogP contribution in [0.3, 0.4) is 0 Å². The molecule has 0 aliphatic heterocycles. The number of benzene rings is 2. The third kappa shape index (κ3) is 6.11. The summed E-state index contributed by atoms with van der Waals surface area (Å²) in [5, 5.41) is 5.29. The van der Waals surface area contributed by atoms with Gasteiger partial charge in [-0.2, -0.15) is 0 Å². The van der Waals surface area contributed by atoms with Crippen molar-refractivity contribution in [3.8, 4) is 0 Å². The lowest BCUT2D eigenvalue weighted by molar-refractivity contribution is -0.136. The molecular weight excluding hydrogens is 346 g/mol. The van der Waals surface area contributed by atoms with Crippen LogP contribution in [0, 0.1) is 0 Å². The van der Waals surface area contributed by atoms with E-state index in [1.807, 2.05) is 38.6 Å². The summed E-state index contributed by atoms with van der Waals surface area (Å²) in [4.78, 5) is 26.9. The van der Waals surface area contributed by atoms with Crippen LogP contribution >= 0.6 is 11.8 Å². The van der Waals surface area contributed by atoms with Gasteiger partial charge in [0.25, 0.3) is 0 Å². The molecule has 0 saturated heterocycles. The molecule has 0 atom stereocenters. The summed E-state index contributed by atoms with van der Waals surface area (Å²) in [5.41, 5.74) is 2.99. The van der Waals surface area contributed by atoms with E-state index < -0.39 is 11.8 Å². The van der Waals surface area contributed by atoms with Crippen molar-refractivity contribution >= 4 is 35.0 Å². The van der Waals surface area contributed by atoms with Gasteiger partial charge in [0.1, 0.15) is 0 Å². The van der Waals surface area contributed by atoms with Crippen molar-refractivity contribution in [1.29, 1.82) is 0 Å². The summed E-state index contributed by atoms with van der Waals surface area (Å²) in [6, 6.07) is 15.7. The Labute approximate surface area is 159 Å². The fourth-order valence-corrected chi connectivity index (χ4v) is 2.88. The number of carbonyl (C=O) groups is 2. The molecule has 2 aromatic carbocycles. The van der Waals surface area contributed by atoms with Crippen LogP contribution in [-0.2, 0) is 16.0 Å². The molecule has 2 N–H and O–H groups in total. The van der Waals surface area contributed by atoms with Crippen molar-refractivity contribution in [2.75, 3.05) is 37.1 Å². The molecule has 138 valence electrons. The quantitative estimate of drug-likeness (QED) is 0.446. The van der Waals surface area contributed by atoms with E-state index in [4.69, 9.17) is 0 Å². The molecule has 2 aromatic rings. The first-order valence-corrected chi connectivity index (χ1v) is 9.71. The fourth-order valence-electron chi connectivity index (χ4n) is 2.42. The summed E-state index contributed by atoms with van der Waals surface area (Å²) < 4.78 is 0. The van der Waals surface area contributed by atoms with Gasteiger partial charge in [0, 0.05) is 36.9 Å². The zero-order valence-corrected chi connectivity index (χ0v) is 16.2. The zero-order chi connectivity index (χ0) is 18.9. The first-order valence-electron chi connectivity index (χ1n) is 8.49. The van der Waals surface area contributed by atoms with E-state index in [1.54, 1.807) is 17.8 Å². The van der Waals surface area contributed by atoms with Crippen LogP contribution < -0.4 is 15.5 Å². The van der Waals surface area contributed by atoms with Crippen molar-refractivity contribution in [2.45, 2.75) is 17.7 Å². The molecule has 0 heterocycles. The van der Waals surface area contributed by atoms with Gasteiger partial charge in [-0.25, -0.2) is 0 Å². The number of nitrogens with zero attached hydrogens (tertiary/aromatic N) is 1. The van der Waals surface area contributed by atoms with E-state index in [2.05, 4.69) is 39.8 Å². The second-order valence-electron chi connectivity index (χ2n) is 6.11. The normalized spacial score (nSPS) is 10.3. The zero-order valence-electron chi connectivity index (χ0n) is 15.4. The maximum Gasteiger partial charge on any atom is 0.313 e. The SMILES string of the molecule is CSc1cccc(NC(=O)C(=O)NCCCc2ccc(N(C)C)cc2)c1. The highest BCUT2D eigenvalue weighted by Gasteiger charge is 2.13. The van der Waals surface area contributed by atoms with Crippen LogP contribution in [0.5, 0.6) is 0 Å². The molecule has 0 bridgehead atoms. The largest absolute Gasteiger partial charge is 0.378 e. The smallest absolute Gasteiger partial charge is 0.313 e. The van der Waals surface area contributed by atoms with E-state index in [0.29, 0.717) is 12.2 Å². The highest BCUT2D eigenvalue weighted by atomic mass is 32.2. The topological polar surface area (TPSA) is 61.4 Å². The third-order valence-corrected chi connectivity index (χ3v) is 4.64. The van der Waals surface area contributed by atoms with E-state index in [-0.39, 0.29) is 0 Å². The minimum absolute atomic E-state index is 0.465. The summed E-state index contributed by atoms with van der Waals surface area (Å²) in [6.07, 6.45) is 3.59. The number of hydrogen-bond acceptors (Lipinski definition) is 4. The van der Waals surface area contributed by atoms with Crippen molar-refractivity contribution in [3.05, 3.63) is 54.1 Å². The molecule has 0 saturated carbocycles. The van der Waals surface area contributed by atoms with Crippen molar-refractivity contribution in [1.82, 2.24) is 5.32 Å². The van der Waals surface area contributed by atoms with Crippen molar-refractivity contribution in [2.24, 2.45) is 0 Å². The Balaban J connectivity index is 1.73. The maximum atomic E-state index is 11.9. The molecule has 0 radical (unpaired) electrons. The molecule has 0 spiro atoms. The molecule has 5 nitrogen and oxygen atoms in total. The Hall–Kier alpha value is -2.47. The van der Waals surface area contributed by atoms with Crippen molar-refractivity contribution in [3.63, 3.8) is 0 Å². The van der Waals surface area contributed by atoms with Gasteiger partial charge in [0.15, 0.2) is 0 Å². The van der Waals surface area contributed by atoms with E-state index in [0.717, 1.165) is 23.4 Å². The first-order chi connectivity index (χ1) is 12.5. The summed E-state index contributed by atoms with van der Waals surface area (Å²) >= 11 is 1.58. The molecule has 2 rings (SSSR count). The van der Waals surface area contributed by atoms with Gasteiger partial charge in [-0.1, -0.05) is 18.2 Å². The second-order valence-corrected chi connectivity index (χ2v) is 6.99. The summed E-state index contributed by atoms with van der Waals surface area (Å²) in [6.45, 7) is 0.465. The van der Waals surface area contributed by atoms with Crippen molar-refractivity contribution < 1.29 is 9.59 Å². The van der Waals surface area contributed by atoms with Gasteiger partial charge in [-0.05, 0) is 55.0 Å². The predicted molar refractivity (Wildman–Crippen MR) is 109 cm³/mol. The Morgan fingerprint density at radius 2 is 1.77 bits per heavy atom. The molecule has 0 aliphatic rings. The van der Waals surface area contributed by atoms with E-state index >= 15 is 0 Å². The average Bonchev–Trinajstić information content (AvgIpc) is 2.65. The number of nitrogens with one attached hydrogen (secondary N) is 2.